The van der Waals surface area contributed by atoms with E-state index in [1.54, 1.807) is 48.3 Å². The number of amides is 3. The average molecular weight is 480 g/mol. The lowest BCUT2D eigenvalue weighted by Crippen LogP contribution is -2.55. The van der Waals surface area contributed by atoms with Gasteiger partial charge in [0.25, 0.3) is 0 Å². The number of anilines is 1. The van der Waals surface area contributed by atoms with E-state index in [-0.39, 0.29) is 30.2 Å². The summed E-state index contributed by atoms with van der Waals surface area (Å²) < 4.78 is 16.9. The number of likely N-dealkylation sites (tertiary alicyclic amines) is 1. The molecule has 0 saturated carbocycles. The van der Waals surface area contributed by atoms with Crippen LogP contribution in [0.3, 0.4) is 0 Å². The highest BCUT2D eigenvalue weighted by Gasteiger charge is 2.44. The third-order valence-corrected chi connectivity index (χ3v) is 7.09. The van der Waals surface area contributed by atoms with E-state index < -0.39 is 5.60 Å². The van der Waals surface area contributed by atoms with Crippen LogP contribution in [0.4, 0.5) is 10.5 Å². The summed E-state index contributed by atoms with van der Waals surface area (Å²) in [6.45, 7) is 1.36. The number of hydrogen-bond acceptors (Lipinski definition) is 6. The normalized spacial score (nSPS) is 20.9. The molecule has 1 N–H and O–H groups in total. The first-order chi connectivity index (χ1) is 16.9. The molecule has 2 fully saturated rings. The van der Waals surface area contributed by atoms with Gasteiger partial charge in [0.1, 0.15) is 11.4 Å². The molecule has 35 heavy (non-hydrogen) atoms. The fourth-order valence-electron chi connectivity index (χ4n) is 5.15. The zero-order valence-electron chi connectivity index (χ0n) is 19.9. The summed E-state index contributed by atoms with van der Waals surface area (Å²) in [5.74, 6) is 1.78. The lowest BCUT2D eigenvalue weighted by Gasteiger charge is -2.44. The highest BCUT2D eigenvalue weighted by atomic mass is 16.5. The first-order valence-corrected chi connectivity index (χ1v) is 11.8. The van der Waals surface area contributed by atoms with Crippen LogP contribution >= 0.6 is 0 Å². The number of urea groups is 1. The molecule has 2 aromatic carbocycles. The summed E-state index contributed by atoms with van der Waals surface area (Å²) in [5, 5.41) is 3.01. The number of benzene rings is 2. The van der Waals surface area contributed by atoms with Gasteiger partial charge < -0.3 is 29.3 Å². The summed E-state index contributed by atoms with van der Waals surface area (Å²) in [4.78, 5) is 41.7. The van der Waals surface area contributed by atoms with Crippen molar-refractivity contribution in [1.29, 1.82) is 0 Å². The lowest BCUT2D eigenvalue weighted by atomic mass is 9.82. The monoisotopic (exact) mass is 479 g/mol. The van der Waals surface area contributed by atoms with Crippen molar-refractivity contribution in [1.82, 2.24) is 10.2 Å². The number of ketones is 1. The topological polar surface area (TPSA) is 97.4 Å². The number of fused-ring (bicyclic) bond motifs is 1. The van der Waals surface area contributed by atoms with E-state index in [2.05, 4.69) is 5.32 Å². The Morgan fingerprint density at radius 1 is 1.06 bits per heavy atom. The Morgan fingerprint density at radius 3 is 2.54 bits per heavy atom. The van der Waals surface area contributed by atoms with Gasteiger partial charge in [-0.1, -0.05) is 12.1 Å². The number of hydrogen-bond donors (Lipinski definition) is 1. The van der Waals surface area contributed by atoms with Crippen molar-refractivity contribution in [3.63, 3.8) is 0 Å². The first kappa shape index (κ1) is 23.0. The Kier molecular flexibility index (Phi) is 6.00. The predicted molar refractivity (Wildman–Crippen MR) is 128 cm³/mol. The molecule has 0 radical (unpaired) electrons. The van der Waals surface area contributed by atoms with Gasteiger partial charge in [-0.05, 0) is 24.3 Å². The minimum atomic E-state index is -0.560. The maximum Gasteiger partial charge on any atom is 0.317 e. The first-order valence-electron chi connectivity index (χ1n) is 11.8. The third kappa shape index (κ3) is 4.38. The fourth-order valence-corrected chi connectivity index (χ4v) is 5.15. The zero-order valence-corrected chi connectivity index (χ0v) is 19.9. The third-order valence-electron chi connectivity index (χ3n) is 7.09. The Balaban J connectivity index is 1.18. The standard InChI is InChI=1S/C26H29N3O6/c1-33-22-8-7-18(14-23(22)34-2)29-16-17(13-24(29)31)27-25(32)28-11-9-26(10-12-28)15-20(30)19-5-3-4-6-21(19)35-26/h3-8,14,17H,9-13,15-16H2,1-2H3,(H,27,32)/t17-/m1/s1. The second kappa shape index (κ2) is 9.13. The smallest absolute Gasteiger partial charge is 0.317 e. The van der Waals surface area contributed by atoms with E-state index in [0.717, 1.165) is 0 Å². The summed E-state index contributed by atoms with van der Waals surface area (Å²) in [6, 6.07) is 12.1. The molecule has 0 unspecified atom stereocenters. The van der Waals surface area contributed by atoms with Crippen molar-refractivity contribution >= 4 is 23.4 Å². The van der Waals surface area contributed by atoms with Gasteiger partial charge in [0, 0.05) is 50.7 Å². The van der Waals surface area contributed by atoms with Gasteiger partial charge in [-0.15, -0.1) is 0 Å². The molecule has 3 aliphatic rings. The Bertz CT molecular complexity index is 1160. The molecule has 5 rings (SSSR count). The average Bonchev–Trinajstić information content (AvgIpc) is 3.23. The van der Waals surface area contributed by atoms with Crippen LogP contribution in [-0.2, 0) is 4.79 Å². The highest BCUT2D eigenvalue weighted by molar-refractivity contribution is 6.00. The number of piperidine rings is 1. The van der Waals surface area contributed by atoms with E-state index >= 15 is 0 Å². The molecule has 9 heteroatoms. The van der Waals surface area contributed by atoms with Gasteiger partial charge in [0.05, 0.1) is 32.2 Å². The largest absolute Gasteiger partial charge is 0.493 e. The van der Waals surface area contributed by atoms with Crippen LogP contribution in [0.2, 0.25) is 0 Å². The number of rotatable bonds is 4. The number of carbonyl (C=O) groups is 3. The Hall–Kier alpha value is -3.75. The van der Waals surface area contributed by atoms with Crippen LogP contribution in [0.5, 0.6) is 17.2 Å². The SMILES string of the molecule is COc1ccc(N2C[C@H](NC(=O)N3CCC4(CC3)CC(=O)c3ccccc3O4)CC2=O)cc1OC. The van der Waals surface area contributed by atoms with Crippen LogP contribution in [0.15, 0.2) is 42.5 Å². The van der Waals surface area contributed by atoms with Gasteiger partial charge in [-0.2, -0.15) is 0 Å². The quantitative estimate of drug-likeness (QED) is 0.724. The summed E-state index contributed by atoms with van der Waals surface area (Å²) >= 11 is 0. The number of ether oxygens (including phenoxy) is 3. The maximum atomic E-state index is 13.0. The molecule has 1 atom stereocenters. The van der Waals surface area contributed by atoms with Crippen molar-refractivity contribution in [3.05, 3.63) is 48.0 Å². The number of nitrogens with zero attached hydrogens (tertiary/aromatic N) is 2. The number of Topliss-reactive ketones (excluding diaryl/α,β-unsaturated/α-hetero) is 1. The Labute approximate surface area is 203 Å². The van der Waals surface area contributed by atoms with Crippen molar-refractivity contribution < 1.29 is 28.6 Å². The lowest BCUT2D eigenvalue weighted by molar-refractivity contribution is -0.117. The second-order valence-electron chi connectivity index (χ2n) is 9.26. The molecule has 2 saturated heterocycles. The van der Waals surface area contributed by atoms with E-state index in [0.29, 0.717) is 67.4 Å². The van der Waals surface area contributed by atoms with E-state index in [9.17, 15) is 14.4 Å². The molecule has 3 amide bonds. The van der Waals surface area contributed by atoms with Crippen molar-refractivity contribution in [2.45, 2.75) is 37.3 Å². The Morgan fingerprint density at radius 2 is 1.80 bits per heavy atom. The van der Waals surface area contributed by atoms with Crippen LogP contribution in [0.1, 0.15) is 36.0 Å². The van der Waals surface area contributed by atoms with Crippen LogP contribution in [0, 0.1) is 0 Å². The second-order valence-corrected chi connectivity index (χ2v) is 9.26. The molecule has 0 aromatic heterocycles. The summed E-state index contributed by atoms with van der Waals surface area (Å²) in [7, 11) is 3.11. The summed E-state index contributed by atoms with van der Waals surface area (Å²) in [6.07, 6.45) is 1.73. The minimum Gasteiger partial charge on any atom is -0.493 e. The number of para-hydroxylation sites is 1. The van der Waals surface area contributed by atoms with Crippen molar-refractivity contribution in [2.75, 3.05) is 38.8 Å². The van der Waals surface area contributed by atoms with Crippen molar-refractivity contribution in [3.8, 4) is 17.2 Å². The molecule has 184 valence electrons. The number of carbonyl (C=O) groups excluding carboxylic acids is 3. The highest BCUT2D eigenvalue weighted by Crippen LogP contribution is 2.39. The molecular formula is C26H29N3O6. The fraction of sp³-hybridized carbons (Fsp3) is 0.423. The van der Waals surface area contributed by atoms with Gasteiger partial charge in [0.2, 0.25) is 5.91 Å². The van der Waals surface area contributed by atoms with Crippen LogP contribution < -0.4 is 24.4 Å². The van der Waals surface area contributed by atoms with Gasteiger partial charge >= 0.3 is 6.03 Å². The molecule has 0 aliphatic carbocycles. The van der Waals surface area contributed by atoms with Crippen LogP contribution in [-0.4, -0.2) is 68.1 Å². The number of nitrogens with one attached hydrogen (secondary N) is 1. The molecular weight excluding hydrogens is 450 g/mol. The van der Waals surface area contributed by atoms with Gasteiger partial charge in [-0.25, -0.2) is 4.79 Å². The van der Waals surface area contributed by atoms with Crippen molar-refractivity contribution in [2.24, 2.45) is 0 Å². The minimum absolute atomic E-state index is 0.0621. The molecule has 1 spiro atoms. The molecule has 3 heterocycles. The zero-order chi connectivity index (χ0) is 24.6. The van der Waals surface area contributed by atoms with Crippen LogP contribution in [0.25, 0.3) is 0 Å². The van der Waals surface area contributed by atoms with E-state index in [1.807, 2.05) is 18.2 Å². The van der Waals surface area contributed by atoms with E-state index in [4.69, 9.17) is 14.2 Å². The summed E-state index contributed by atoms with van der Waals surface area (Å²) in [5.41, 5.74) is 0.766. The predicted octanol–water partition coefficient (Wildman–Crippen LogP) is 3.02. The van der Waals surface area contributed by atoms with Gasteiger partial charge in [-0.3, -0.25) is 9.59 Å². The van der Waals surface area contributed by atoms with E-state index in [1.165, 1.54) is 0 Å². The molecule has 9 nitrogen and oxygen atoms in total. The molecule has 3 aliphatic heterocycles. The number of methoxy groups -OCH3 is 2. The molecule has 2 aromatic rings. The molecule has 0 bridgehead atoms. The van der Waals surface area contributed by atoms with Gasteiger partial charge in [0.15, 0.2) is 17.3 Å². The maximum absolute atomic E-state index is 13.0.